The van der Waals surface area contributed by atoms with Crippen molar-refractivity contribution in [1.29, 1.82) is 0 Å². The largest absolute Gasteiger partial charge is 0.481 e. The Morgan fingerprint density at radius 1 is 1.12 bits per heavy atom. The van der Waals surface area contributed by atoms with Crippen molar-refractivity contribution in [2.45, 2.75) is 50.5 Å². The molecule has 0 saturated carbocycles. The van der Waals surface area contributed by atoms with Crippen LogP contribution in [0.5, 0.6) is 0 Å². The number of hydrogen-bond donors (Lipinski definition) is 2. The first-order valence-corrected chi connectivity index (χ1v) is 11.0. The van der Waals surface area contributed by atoms with Gasteiger partial charge < -0.3 is 20.5 Å². The Bertz CT molecular complexity index is 998. The number of nitrogens with zero attached hydrogens (tertiary/aromatic N) is 1. The maximum absolute atomic E-state index is 13.5. The molecule has 0 aliphatic carbocycles. The summed E-state index contributed by atoms with van der Waals surface area (Å²) in [6, 6.07) is 12.1. The molecular formula is C23H24Cl2N2O5. The minimum Gasteiger partial charge on any atom is -0.481 e. The van der Waals surface area contributed by atoms with Crippen molar-refractivity contribution in [3.63, 3.8) is 0 Å². The van der Waals surface area contributed by atoms with Crippen molar-refractivity contribution in [1.82, 2.24) is 4.90 Å². The van der Waals surface area contributed by atoms with E-state index in [-0.39, 0.29) is 0 Å². The Morgan fingerprint density at radius 2 is 1.81 bits per heavy atom. The molecule has 170 valence electrons. The zero-order valence-electron chi connectivity index (χ0n) is 17.4. The summed E-state index contributed by atoms with van der Waals surface area (Å²) in [5.74, 6) is -2.45. The van der Waals surface area contributed by atoms with Crippen molar-refractivity contribution in [2.24, 2.45) is 5.73 Å². The van der Waals surface area contributed by atoms with Crippen LogP contribution < -0.4 is 5.73 Å². The van der Waals surface area contributed by atoms with E-state index >= 15 is 0 Å². The van der Waals surface area contributed by atoms with Gasteiger partial charge in [0.1, 0.15) is 18.2 Å². The predicted molar refractivity (Wildman–Crippen MR) is 120 cm³/mol. The summed E-state index contributed by atoms with van der Waals surface area (Å²) in [7, 11) is 0. The van der Waals surface area contributed by atoms with Gasteiger partial charge in [0.15, 0.2) is 0 Å². The fourth-order valence-electron chi connectivity index (χ4n) is 4.03. The molecule has 3 N–H and O–H groups in total. The molecule has 0 bridgehead atoms. The Kier molecular flexibility index (Phi) is 7.77. The van der Waals surface area contributed by atoms with Crippen LogP contribution in [0, 0.1) is 0 Å². The number of carboxylic acids is 1. The fourth-order valence-corrected chi connectivity index (χ4v) is 4.36. The number of hydrogen-bond acceptors (Lipinski definition) is 4. The van der Waals surface area contributed by atoms with E-state index in [1.165, 1.54) is 4.90 Å². The van der Waals surface area contributed by atoms with Crippen molar-refractivity contribution in [3.05, 3.63) is 69.7 Å². The maximum atomic E-state index is 13.5. The summed E-state index contributed by atoms with van der Waals surface area (Å²) in [5.41, 5.74) is 7.02. The lowest BCUT2D eigenvalue weighted by Gasteiger charge is -2.47. The second-order valence-electron chi connectivity index (χ2n) is 7.65. The molecule has 1 aliphatic rings. The van der Waals surface area contributed by atoms with Crippen LogP contribution in [0.25, 0.3) is 0 Å². The molecule has 1 heterocycles. The molecule has 3 rings (SSSR count). The molecule has 7 nitrogen and oxygen atoms in total. The third-order valence-electron chi connectivity index (χ3n) is 5.40. The molecular weight excluding hydrogens is 455 g/mol. The van der Waals surface area contributed by atoms with Crippen LogP contribution >= 0.6 is 23.2 Å². The van der Waals surface area contributed by atoms with Crippen molar-refractivity contribution in [3.8, 4) is 0 Å². The molecule has 32 heavy (non-hydrogen) atoms. The van der Waals surface area contributed by atoms with Crippen LogP contribution in [0.1, 0.15) is 49.5 Å². The standard InChI is InChI=1S/C23H24Cl2N2O5/c1-2-4-17(22(26)30)27-20(13-7-9-15(24)10-8-13)21(14-5-3-6-16(25)11-14)32-18(23(27)31)12-19(28)29/h3,5-11,17-18,20-21H,2,4,12H2,1H3,(H2,26,30)(H,28,29)/t17-,18-,20+,21-/m1/s1. The number of carbonyl (C=O) groups is 3. The molecule has 2 amide bonds. The molecule has 0 radical (unpaired) electrons. The van der Waals surface area contributed by atoms with Crippen LogP contribution in [0.4, 0.5) is 0 Å². The number of primary amides is 1. The Balaban J connectivity index is 2.20. The summed E-state index contributed by atoms with van der Waals surface area (Å²) in [6.07, 6.45) is -1.68. The first-order valence-electron chi connectivity index (χ1n) is 10.2. The second-order valence-corrected chi connectivity index (χ2v) is 8.52. The number of rotatable bonds is 8. The maximum Gasteiger partial charge on any atom is 0.306 e. The van der Waals surface area contributed by atoms with E-state index in [1.54, 1.807) is 48.5 Å². The van der Waals surface area contributed by atoms with Crippen molar-refractivity contribution in [2.75, 3.05) is 0 Å². The van der Waals surface area contributed by atoms with Crippen molar-refractivity contribution >= 4 is 41.0 Å². The molecule has 1 aliphatic heterocycles. The SMILES string of the molecule is CCC[C@H](C(N)=O)N1C(=O)[C@@H](CC(=O)O)O[C@H](c2cccc(Cl)c2)[C@@H]1c1ccc(Cl)cc1. The van der Waals surface area contributed by atoms with Gasteiger partial charge >= 0.3 is 5.97 Å². The number of ether oxygens (including phenoxy) is 1. The Morgan fingerprint density at radius 3 is 2.38 bits per heavy atom. The predicted octanol–water partition coefficient (Wildman–Crippen LogP) is 4.13. The smallest absolute Gasteiger partial charge is 0.306 e. The summed E-state index contributed by atoms with van der Waals surface area (Å²) >= 11 is 12.3. The van der Waals surface area contributed by atoms with E-state index in [0.29, 0.717) is 34.0 Å². The van der Waals surface area contributed by atoms with Crippen LogP contribution in [0.2, 0.25) is 10.0 Å². The Hall–Kier alpha value is -2.61. The molecule has 0 spiro atoms. The quantitative estimate of drug-likeness (QED) is 0.592. The summed E-state index contributed by atoms with van der Waals surface area (Å²) in [4.78, 5) is 38.7. The van der Waals surface area contributed by atoms with E-state index in [4.69, 9.17) is 33.7 Å². The van der Waals surface area contributed by atoms with E-state index in [9.17, 15) is 19.5 Å². The third kappa shape index (κ3) is 5.23. The number of carbonyl (C=O) groups excluding carboxylic acids is 2. The van der Waals surface area contributed by atoms with Gasteiger partial charge in [-0.1, -0.05) is 60.8 Å². The van der Waals surface area contributed by atoms with Crippen LogP contribution in [-0.4, -0.2) is 39.9 Å². The van der Waals surface area contributed by atoms with Gasteiger partial charge in [0, 0.05) is 10.0 Å². The average Bonchev–Trinajstić information content (AvgIpc) is 2.73. The Labute approximate surface area is 196 Å². The van der Waals surface area contributed by atoms with Gasteiger partial charge in [0.05, 0.1) is 12.5 Å². The number of carboxylic acid groups (broad SMARTS) is 1. The molecule has 0 aromatic heterocycles. The summed E-state index contributed by atoms with van der Waals surface area (Å²) in [6.45, 7) is 1.88. The molecule has 2 aromatic carbocycles. The minimum absolute atomic E-state index is 0.327. The lowest BCUT2D eigenvalue weighted by Crippen LogP contribution is -2.58. The monoisotopic (exact) mass is 478 g/mol. The molecule has 1 fully saturated rings. The highest BCUT2D eigenvalue weighted by Crippen LogP contribution is 2.44. The summed E-state index contributed by atoms with van der Waals surface area (Å²) in [5, 5.41) is 10.3. The molecule has 2 aromatic rings. The molecule has 4 atom stereocenters. The highest BCUT2D eigenvalue weighted by molar-refractivity contribution is 6.30. The number of amides is 2. The first-order chi connectivity index (χ1) is 15.2. The van der Waals surface area contributed by atoms with Crippen LogP contribution in [0.3, 0.4) is 0 Å². The topological polar surface area (TPSA) is 110 Å². The number of halogens is 2. The third-order valence-corrected chi connectivity index (χ3v) is 5.89. The number of aliphatic carboxylic acids is 1. The number of nitrogens with two attached hydrogens (primary N) is 1. The normalized spacial score (nSPS) is 21.9. The van der Waals surface area contributed by atoms with Gasteiger partial charge in [0.25, 0.3) is 5.91 Å². The number of benzene rings is 2. The van der Waals surface area contributed by atoms with Crippen LogP contribution in [0.15, 0.2) is 48.5 Å². The molecule has 0 unspecified atom stereocenters. The van der Waals surface area contributed by atoms with Gasteiger partial charge in [0.2, 0.25) is 5.91 Å². The summed E-state index contributed by atoms with van der Waals surface area (Å²) < 4.78 is 6.07. The minimum atomic E-state index is -1.28. The zero-order valence-corrected chi connectivity index (χ0v) is 18.9. The van der Waals surface area contributed by atoms with Crippen molar-refractivity contribution < 1.29 is 24.2 Å². The lowest BCUT2D eigenvalue weighted by molar-refractivity contribution is -0.184. The zero-order chi connectivity index (χ0) is 23.4. The average molecular weight is 479 g/mol. The first kappa shape index (κ1) is 24.0. The highest BCUT2D eigenvalue weighted by atomic mass is 35.5. The van der Waals surface area contributed by atoms with Gasteiger partial charge in [-0.15, -0.1) is 0 Å². The van der Waals surface area contributed by atoms with E-state index in [1.807, 2.05) is 6.92 Å². The lowest BCUT2D eigenvalue weighted by atomic mass is 9.89. The van der Waals surface area contributed by atoms with Gasteiger partial charge in [-0.2, -0.15) is 0 Å². The fraction of sp³-hybridized carbons (Fsp3) is 0.348. The number of morpholine rings is 1. The van der Waals surface area contributed by atoms with Crippen LogP contribution in [-0.2, 0) is 19.1 Å². The molecule has 1 saturated heterocycles. The van der Waals surface area contributed by atoms with Gasteiger partial charge in [-0.25, -0.2) is 0 Å². The van der Waals surface area contributed by atoms with E-state index < -0.39 is 48.5 Å². The van der Waals surface area contributed by atoms with E-state index in [2.05, 4.69) is 0 Å². The van der Waals surface area contributed by atoms with Gasteiger partial charge in [-0.05, 0) is 41.8 Å². The van der Waals surface area contributed by atoms with E-state index in [0.717, 1.165) is 0 Å². The molecule has 9 heteroatoms. The second kappa shape index (κ2) is 10.3. The van der Waals surface area contributed by atoms with Gasteiger partial charge in [-0.3, -0.25) is 14.4 Å². The highest BCUT2D eigenvalue weighted by Gasteiger charge is 2.48.